The van der Waals surface area contributed by atoms with Gasteiger partial charge in [0.1, 0.15) is 5.82 Å². The SMILES string of the molecule is COc1cc2c(=O)n(Cc3ccc(C(=O)NC4CCCC4)cc3)c(=O)n(Cc3ccccc3F)c2cc1OC. The minimum atomic E-state index is -0.592. The normalized spacial score (nSPS) is 13.5. The minimum absolute atomic E-state index is 0.0241. The van der Waals surface area contributed by atoms with Crippen molar-refractivity contribution in [3.63, 3.8) is 0 Å². The van der Waals surface area contributed by atoms with Crippen molar-refractivity contribution in [2.75, 3.05) is 14.2 Å². The molecule has 1 fully saturated rings. The van der Waals surface area contributed by atoms with E-state index in [1.807, 2.05) is 0 Å². The molecule has 202 valence electrons. The Kier molecular flexibility index (Phi) is 7.49. The fourth-order valence-corrected chi connectivity index (χ4v) is 5.12. The molecule has 0 unspecified atom stereocenters. The molecule has 9 heteroatoms. The Morgan fingerprint density at radius 1 is 0.923 bits per heavy atom. The first-order chi connectivity index (χ1) is 18.9. The van der Waals surface area contributed by atoms with Crippen molar-refractivity contribution in [2.24, 2.45) is 0 Å². The topological polar surface area (TPSA) is 91.6 Å². The van der Waals surface area contributed by atoms with Crippen LogP contribution >= 0.6 is 0 Å². The van der Waals surface area contributed by atoms with E-state index >= 15 is 0 Å². The van der Waals surface area contributed by atoms with Gasteiger partial charge in [-0.1, -0.05) is 43.2 Å². The number of hydrogen-bond donors (Lipinski definition) is 1. The van der Waals surface area contributed by atoms with E-state index in [-0.39, 0.29) is 30.4 Å². The largest absolute Gasteiger partial charge is 0.493 e. The molecular formula is C30H30FN3O5. The summed E-state index contributed by atoms with van der Waals surface area (Å²) < 4.78 is 27.8. The summed E-state index contributed by atoms with van der Waals surface area (Å²) in [7, 11) is 2.92. The van der Waals surface area contributed by atoms with E-state index in [1.54, 1.807) is 48.5 Å². The van der Waals surface area contributed by atoms with Crippen molar-refractivity contribution in [3.8, 4) is 11.5 Å². The van der Waals surface area contributed by atoms with Crippen molar-refractivity contribution >= 4 is 16.8 Å². The predicted octanol–water partition coefficient (Wildman–Crippen LogP) is 4.09. The van der Waals surface area contributed by atoms with Crippen LogP contribution in [-0.4, -0.2) is 35.3 Å². The number of fused-ring (bicyclic) bond motifs is 1. The zero-order valence-electron chi connectivity index (χ0n) is 21.9. The van der Waals surface area contributed by atoms with Crippen molar-refractivity contribution in [2.45, 2.75) is 44.8 Å². The first-order valence-electron chi connectivity index (χ1n) is 12.9. The number of carbonyl (C=O) groups excluding carboxylic acids is 1. The average molecular weight is 532 g/mol. The molecule has 1 heterocycles. The molecule has 4 aromatic rings. The predicted molar refractivity (Wildman–Crippen MR) is 146 cm³/mol. The van der Waals surface area contributed by atoms with Crippen LogP contribution in [0.2, 0.25) is 0 Å². The lowest BCUT2D eigenvalue weighted by atomic mass is 10.1. The lowest BCUT2D eigenvalue weighted by Crippen LogP contribution is -2.40. The number of nitrogens with zero attached hydrogens (tertiary/aromatic N) is 2. The molecule has 1 aliphatic carbocycles. The van der Waals surface area contributed by atoms with Gasteiger partial charge in [-0.15, -0.1) is 0 Å². The second-order valence-electron chi connectivity index (χ2n) is 9.73. The zero-order valence-corrected chi connectivity index (χ0v) is 21.9. The number of halogens is 1. The molecule has 5 rings (SSSR count). The van der Waals surface area contributed by atoms with E-state index in [9.17, 15) is 18.8 Å². The first-order valence-corrected chi connectivity index (χ1v) is 12.9. The molecule has 0 bridgehead atoms. The van der Waals surface area contributed by atoms with Crippen LogP contribution in [0, 0.1) is 5.82 Å². The van der Waals surface area contributed by atoms with Gasteiger partial charge in [-0.05, 0) is 42.7 Å². The Balaban J connectivity index is 1.55. The van der Waals surface area contributed by atoms with E-state index in [0.717, 1.165) is 30.3 Å². The van der Waals surface area contributed by atoms with Crippen LogP contribution in [0.15, 0.2) is 70.3 Å². The molecule has 39 heavy (non-hydrogen) atoms. The molecule has 1 amide bonds. The Morgan fingerprint density at radius 2 is 1.59 bits per heavy atom. The summed E-state index contributed by atoms with van der Waals surface area (Å²) in [4.78, 5) is 39.9. The Labute approximate surface area is 224 Å². The summed E-state index contributed by atoms with van der Waals surface area (Å²) in [6, 6.07) is 16.3. The van der Waals surface area contributed by atoms with Crippen molar-refractivity contribution in [1.82, 2.24) is 14.5 Å². The van der Waals surface area contributed by atoms with Gasteiger partial charge in [0, 0.05) is 23.2 Å². The molecular weight excluding hydrogens is 501 g/mol. The molecule has 0 saturated heterocycles. The van der Waals surface area contributed by atoms with Gasteiger partial charge in [0.15, 0.2) is 11.5 Å². The van der Waals surface area contributed by atoms with E-state index in [0.29, 0.717) is 33.7 Å². The van der Waals surface area contributed by atoms with Crippen LogP contribution in [-0.2, 0) is 13.1 Å². The van der Waals surface area contributed by atoms with Gasteiger partial charge in [0.05, 0.1) is 38.2 Å². The van der Waals surface area contributed by atoms with Gasteiger partial charge >= 0.3 is 5.69 Å². The van der Waals surface area contributed by atoms with E-state index in [2.05, 4.69) is 5.32 Å². The Morgan fingerprint density at radius 3 is 2.26 bits per heavy atom. The minimum Gasteiger partial charge on any atom is -0.493 e. The molecule has 0 aliphatic heterocycles. The van der Waals surface area contributed by atoms with Gasteiger partial charge in [0.2, 0.25) is 0 Å². The summed E-state index contributed by atoms with van der Waals surface area (Å²) in [5.74, 6) is 0.0875. The first kappa shape index (κ1) is 26.2. The van der Waals surface area contributed by atoms with Crippen molar-refractivity contribution in [1.29, 1.82) is 0 Å². The summed E-state index contributed by atoms with van der Waals surface area (Å²) in [6.45, 7) is -0.109. The molecule has 1 aromatic heterocycles. The fraction of sp³-hybridized carbons (Fsp3) is 0.300. The summed E-state index contributed by atoms with van der Waals surface area (Å²) >= 11 is 0. The second-order valence-corrected chi connectivity index (χ2v) is 9.73. The van der Waals surface area contributed by atoms with Crippen LogP contribution in [0.1, 0.15) is 47.2 Å². The molecule has 1 saturated carbocycles. The third-order valence-corrected chi connectivity index (χ3v) is 7.26. The highest BCUT2D eigenvalue weighted by Gasteiger charge is 2.20. The number of carbonyl (C=O) groups is 1. The van der Waals surface area contributed by atoms with E-state index in [4.69, 9.17) is 9.47 Å². The summed E-state index contributed by atoms with van der Waals surface area (Å²) in [5.41, 5.74) is 0.698. The van der Waals surface area contributed by atoms with E-state index < -0.39 is 17.1 Å². The Hall–Kier alpha value is -4.40. The number of ether oxygens (including phenoxy) is 2. The highest BCUT2D eigenvalue weighted by molar-refractivity contribution is 5.94. The Bertz CT molecular complexity index is 1640. The number of nitrogens with one attached hydrogen (secondary N) is 1. The molecule has 0 atom stereocenters. The monoisotopic (exact) mass is 531 g/mol. The van der Waals surface area contributed by atoms with Gasteiger partial charge in [0.25, 0.3) is 11.5 Å². The molecule has 8 nitrogen and oxygen atoms in total. The molecule has 3 aromatic carbocycles. The number of methoxy groups -OCH3 is 2. The quantitative estimate of drug-likeness (QED) is 0.370. The number of hydrogen-bond acceptors (Lipinski definition) is 5. The van der Waals surface area contributed by atoms with Crippen molar-refractivity contribution in [3.05, 3.63) is 104 Å². The fourth-order valence-electron chi connectivity index (χ4n) is 5.12. The third kappa shape index (κ3) is 5.30. The van der Waals surface area contributed by atoms with Crippen LogP contribution in [0.5, 0.6) is 11.5 Å². The number of benzene rings is 3. The number of amides is 1. The highest BCUT2D eigenvalue weighted by atomic mass is 19.1. The second kappa shape index (κ2) is 11.1. The molecule has 1 aliphatic rings. The molecule has 0 radical (unpaired) electrons. The summed E-state index contributed by atoms with van der Waals surface area (Å²) in [5, 5.41) is 3.29. The van der Waals surface area contributed by atoms with Gasteiger partial charge in [-0.25, -0.2) is 9.18 Å². The van der Waals surface area contributed by atoms with Crippen LogP contribution < -0.4 is 26.0 Å². The molecule has 0 spiro atoms. The third-order valence-electron chi connectivity index (χ3n) is 7.26. The smallest absolute Gasteiger partial charge is 0.332 e. The lowest BCUT2D eigenvalue weighted by molar-refractivity contribution is 0.0938. The zero-order chi connectivity index (χ0) is 27.5. The standard InChI is InChI=1S/C30H30FN3O5/c1-38-26-15-23-25(16-27(26)39-2)33(18-21-7-3-6-10-24(21)31)30(37)34(29(23)36)17-19-11-13-20(14-12-19)28(35)32-22-8-4-5-9-22/h3,6-7,10-16,22H,4-5,8-9,17-18H2,1-2H3,(H,32,35). The van der Waals surface area contributed by atoms with Gasteiger partial charge in [-0.3, -0.25) is 18.7 Å². The number of rotatable bonds is 8. The maximum atomic E-state index is 14.6. The summed E-state index contributed by atoms with van der Waals surface area (Å²) in [6.07, 6.45) is 4.23. The van der Waals surface area contributed by atoms with Crippen LogP contribution in [0.3, 0.4) is 0 Å². The maximum Gasteiger partial charge on any atom is 0.332 e. The van der Waals surface area contributed by atoms with Gasteiger partial charge < -0.3 is 14.8 Å². The lowest BCUT2D eigenvalue weighted by Gasteiger charge is -2.17. The van der Waals surface area contributed by atoms with Crippen LogP contribution in [0.25, 0.3) is 10.9 Å². The maximum absolute atomic E-state index is 14.6. The highest BCUT2D eigenvalue weighted by Crippen LogP contribution is 2.30. The average Bonchev–Trinajstić information content (AvgIpc) is 3.47. The molecule has 1 N–H and O–H groups in total. The number of aromatic nitrogens is 2. The van der Waals surface area contributed by atoms with E-state index in [1.165, 1.54) is 30.9 Å². The van der Waals surface area contributed by atoms with Crippen molar-refractivity contribution < 1.29 is 18.7 Å². The van der Waals surface area contributed by atoms with Gasteiger partial charge in [-0.2, -0.15) is 0 Å². The van der Waals surface area contributed by atoms with Crippen LogP contribution in [0.4, 0.5) is 4.39 Å².